The second-order valence-corrected chi connectivity index (χ2v) is 9.90. The predicted octanol–water partition coefficient (Wildman–Crippen LogP) is 5.74. The fourth-order valence-electron chi connectivity index (χ4n) is 6.47. The Balaban J connectivity index is 1.66. The van der Waals surface area contributed by atoms with Crippen molar-refractivity contribution < 1.29 is 9.59 Å². The fourth-order valence-corrected chi connectivity index (χ4v) is 6.96. The van der Waals surface area contributed by atoms with Gasteiger partial charge in [-0.2, -0.15) is 0 Å². The molecule has 2 atom stereocenters. The minimum atomic E-state index is -0.601. The lowest BCUT2D eigenvalue weighted by atomic mass is 9.42. The van der Waals surface area contributed by atoms with E-state index in [2.05, 4.69) is 38.1 Å². The number of nitrogens with zero attached hydrogens (tertiary/aromatic N) is 1. The van der Waals surface area contributed by atoms with Gasteiger partial charge in [0.15, 0.2) is 0 Å². The van der Waals surface area contributed by atoms with Crippen molar-refractivity contribution in [3.63, 3.8) is 0 Å². The Kier molecular flexibility index (Phi) is 3.69. The third-order valence-corrected chi connectivity index (χ3v) is 8.33. The molecule has 0 spiro atoms. The number of rotatable bonds is 1. The summed E-state index contributed by atoms with van der Waals surface area (Å²) in [5, 5.41) is 0.759. The molecular weight excluding hydrogens is 429 g/mol. The molecule has 3 aromatic rings. The number of hydrogen-bond donors (Lipinski definition) is 0. The van der Waals surface area contributed by atoms with Crippen LogP contribution in [0.15, 0.2) is 66.7 Å². The van der Waals surface area contributed by atoms with Crippen molar-refractivity contribution in [2.24, 2.45) is 11.8 Å². The Labute approximate surface area is 190 Å². The number of benzene rings is 3. The van der Waals surface area contributed by atoms with E-state index in [1.54, 1.807) is 18.2 Å². The summed E-state index contributed by atoms with van der Waals surface area (Å²) in [6.45, 7) is 4.22. The zero-order chi connectivity index (χ0) is 21.7. The van der Waals surface area contributed by atoms with E-state index >= 15 is 0 Å². The molecule has 0 unspecified atom stereocenters. The van der Waals surface area contributed by atoms with E-state index in [0.29, 0.717) is 15.7 Å². The molecule has 2 bridgehead atoms. The predicted molar refractivity (Wildman–Crippen MR) is 122 cm³/mol. The zero-order valence-corrected chi connectivity index (χ0v) is 18.5. The van der Waals surface area contributed by atoms with Gasteiger partial charge in [0, 0.05) is 15.9 Å². The van der Waals surface area contributed by atoms with Gasteiger partial charge in [-0.15, -0.1) is 0 Å². The summed E-state index contributed by atoms with van der Waals surface area (Å²) >= 11 is 12.5. The molecule has 3 nitrogen and oxygen atoms in total. The molecule has 1 fully saturated rings. The summed E-state index contributed by atoms with van der Waals surface area (Å²) in [5.74, 6) is -1.39. The number of carbonyl (C=O) groups is 2. The smallest absolute Gasteiger partial charge is 0.239 e. The van der Waals surface area contributed by atoms with E-state index in [1.165, 1.54) is 4.90 Å². The summed E-state index contributed by atoms with van der Waals surface area (Å²) in [4.78, 5) is 29.2. The van der Waals surface area contributed by atoms with Crippen LogP contribution in [0.3, 0.4) is 0 Å². The van der Waals surface area contributed by atoms with Gasteiger partial charge in [0.05, 0.1) is 22.5 Å². The molecule has 2 amide bonds. The third kappa shape index (κ3) is 2.07. The average Bonchev–Trinajstić information content (AvgIpc) is 3.04. The third-order valence-electron chi connectivity index (χ3n) is 7.79. The van der Waals surface area contributed by atoms with Gasteiger partial charge >= 0.3 is 0 Å². The van der Waals surface area contributed by atoms with Gasteiger partial charge < -0.3 is 0 Å². The monoisotopic (exact) mass is 447 g/mol. The van der Waals surface area contributed by atoms with Crippen molar-refractivity contribution in [1.82, 2.24) is 0 Å². The molecule has 4 aliphatic rings. The normalized spacial score (nSPS) is 30.3. The molecule has 0 saturated carbocycles. The van der Waals surface area contributed by atoms with Crippen LogP contribution in [0.5, 0.6) is 0 Å². The molecule has 1 saturated heterocycles. The Hall–Kier alpha value is -2.62. The molecule has 3 aliphatic carbocycles. The van der Waals surface area contributed by atoms with E-state index in [1.807, 2.05) is 24.3 Å². The van der Waals surface area contributed by atoms with E-state index in [4.69, 9.17) is 23.2 Å². The van der Waals surface area contributed by atoms with Gasteiger partial charge in [-0.05, 0) is 40.5 Å². The first kappa shape index (κ1) is 19.1. The summed E-state index contributed by atoms with van der Waals surface area (Å²) in [7, 11) is 0. The van der Waals surface area contributed by atoms with Crippen LogP contribution >= 0.6 is 23.2 Å². The Bertz CT molecular complexity index is 1190. The van der Waals surface area contributed by atoms with Gasteiger partial charge in [0.1, 0.15) is 0 Å². The number of anilines is 1. The summed E-state index contributed by atoms with van der Waals surface area (Å²) in [6.07, 6.45) is 0. The number of carbonyl (C=O) groups excluding carboxylic acids is 2. The molecule has 5 heteroatoms. The Morgan fingerprint density at radius 2 is 1.13 bits per heavy atom. The van der Waals surface area contributed by atoms with E-state index in [0.717, 1.165) is 22.3 Å². The Morgan fingerprint density at radius 3 is 1.52 bits per heavy atom. The topological polar surface area (TPSA) is 37.4 Å². The van der Waals surface area contributed by atoms with Crippen molar-refractivity contribution in [2.75, 3.05) is 4.90 Å². The molecule has 0 radical (unpaired) electrons. The maximum atomic E-state index is 14.0. The first-order valence-electron chi connectivity index (χ1n) is 10.3. The largest absolute Gasteiger partial charge is 0.274 e. The van der Waals surface area contributed by atoms with E-state index in [9.17, 15) is 9.59 Å². The van der Waals surface area contributed by atoms with Gasteiger partial charge in [-0.25, -0.2) is 4.90 Å². The lowest BCUT2D eigenvalue weighted by Crippen LogP contribution is -2.59. The molecule has 3 aromatic carbocycles. The lowest BCUT2D eigenvalue weighted by molar-refractivity contribution is -0.124. The number of halogens is 2. The second-order valence-electron chi connectivity index (χ2n) is 9.06. The van der Waals surface area contributed by atoms with Crippen LogP contribution in [0, 0.1) is 11.8 Å². The highest BCUT2D eigenvalue weighted by atomic mass is 35.5. The van der Waals surface area contributed by atoms with E-state index in [-0.39, 0.29) is 11.8 Å². The van der Waals surface area contributed by atoms with Gasteiger partial charge in [-0.3, -0.25) is 9.59 Å². The average molecular weight is 448 g/mol. The quantitative estimate of drug-likeness (QED) is 0.446. The standard InChI is InChI=1S/C26H19Cl2NO2/c1-25-15-7-3-5-9-17(15)26(2,18-10-6-4-8-16(18)25)22-21(25)23(30)29(24(22)31)20-12-11-14(27)13-19(20)28/h3-13,21-22H,1-2H3/t21-,22+,25?,26?. The van der Waals surface area contributed by atoms with Crippen LogP contribution in [-0.4, -0.2) is 11.8 Å². The first-order valence-corrected chi connectivity index (χ1v) is 11.1. The highest BCUT2D eigenvalue weighted by molar-refractivity contribution is 6.38. The van der Waals surface area contributed by atoms with Crippen LogP contribution < -0.4 is 4.90 Å². The zero-order valence-electron chi connectivity index (χ0n) is 17.0. The minimum Gasteiger partial charge on any atom is -0.274 e. The molecule has 1 aliphatic heterocycles. The van der Waals surface area contributed by atoms with E-state index < -0.39 is 22.7 Å². The van der Waals surface area contributed by atoms with Crippen LogP contribution in [0.25, 0.3) is 0 Å². The second kappa shape index (κ2) is 5.99. The van der Waals surface area contributed by atoms with Crippen LogP contribution in [0.2, 0.25) is 10.0 Å². The maximum absolute atomic E-state index is 14.0. The van der Waals surface area contributed by atoms with Crippen molar-refractivity contribution in [3.05, 3.63) is 99.0 Å². The molecular formula is C26H19Cl2NO2. The van der Waals surface area contributed by atoms with Crippen molar-refractivity contribution in [3.8, 4) is 0 Å². The van der Waals surface area contributed by atoms with Gasteiger partial charge in [-0.1, -0.05) is 85.6 Å². The van der Waals surface area contributed by atoms with Gasteiger partial charge in [0.2, 0.25) is 11.8 Å². The minimum absolute atomic E-state index is 0.197. The van der Waals surface area contributed by atoms with Crippen LogP contribution in [0.4, 0.5) is 5.69 Å². The number of amides is 2. The highest BCUT2D eigenvalue weighted by Crippen LogP contribution is 2.66. The molecule has 7 rings (SSSR count). The van der Waals surface area contributed by atoms with Crippen LogP contribution in [0.1, 0.15) is 36.1 Å². The van der Waals surface area contributed by atoms with Crippen molar-refractivity contribution in [1.29, 1.82) is 0 Å². The molecule has 154 valence electrons. The summed E-state index contributed by atoms with van der Waals surface area (Å²) < 4.78 is 0. The first-order chi connectivity index (χ1) is 14.8. The number of hydrogen-bond acceptors (Lipinski definition) is 2. The highest BCUT2D eigenvalue weighted by Gasteiger charge is 2.70. The number of imide groups is 1. The van der Waals surface area contributed by atoms with Crippen LogP contribution in [-0.2, 0) is 20.4 Å². The fraction of sp³-hybridized carbons (Fsp3) is 0.231. The maximum Gasteiger partial charge on any atom is 0.239 e. The summed E-state index contributed by atoms with van der Waals surface area (Å²) in [5.41, 5.74) is 3.71. The van der Waals surface area contributed by atoms with Gasteiger partial charge in [0.25, 0.3) is 0 Å². The Morgan fingerprint density at radius 1 is 0.710 bits per heavy atom. The molecule has 1 heterocycles. The molecule has 0 N–H and O–H groups in total. The SMILES string of the molecule is CC12c3ccccc3C(C)(c3ccccc31)[C@H]1C(=O)N(c3ccc(Cl)cc3Cl)C(=O)[C@H]12. The summed E-state index contributed by atoms with van der Waals surface area (Å²) in [6, 6.07) is 21.4. The lowest BCUT2D eigenvalue weighted by Gasteiger charge is -2.57. The van der Waals surface area contributed by atoms with Crippen molar-refractivity contribution >= 4 is 40.7 Å². The molecule has 31 heavy (non-hydrogen) atoms. The van der Waals surface area contributed by atoms with Crippen molar-refractivity contribution in [2.45, 2.75) is 24.7 Å². The molecule has 0 aromatic heterocycles.